The Labute approximate surface area is 246 Å². The van der Waals surface area contributed by atoms with Gasteiger partial charge in [0.2, 0.25) is 0 Å². The average Bonchev–Trinajstić information content (AvgIpc) is 3.32. The van der Waals surface area contributed by atoms with Crippen molar-refractivity contribution < 1.29 is 19.1 Å². The van der Waals surface area contributed by atoms with E-state index in [1.165, 1.54) is 4.90 Å². The fourth-order valence-corrected chi connectivity index (χ4v) is 4.58. The van der Waals surface area contributed by atoms with Gasteiger partial charge in [0, 0.05) is 23.6 Å². The van der Waals surface area contributed by atoms with E-state index in [4.69, 9.17) is 9.47 Å². The highest BCUT2D eigenvalue weighted by molar-refractivity contribution is 6.12. The van der Waals surface area contributed by atoms with E-state index in [1.807, 2.05) is 74.5 Å². The number of amidine groups is 1. The fraction of sp³-hybridized carbons (Fsp3) is 0.171. The van der Waals surface area contributed by atoms with Crippen molar-refractivity contribution in [3.8, 4) is 0 Å². The zero-order chi connectivity index (χ0) is 29.3. The molecule has 0 bridgehead atoms. The Bertz CT molecular complexity index is 1540. The van der Waals surface area contributed by atoms with Crippen molar-refractivity contribution in [2.45, 2.75) is 26.7 Å². The maximum absolute atomic E-state index is 13.2. The first-order valence-electron chi connectivity index (χ1n) is 14.2. The summed E-state index contributed by atoms with van der Waals surface area (Å²) in [7, 11) is 0. The topological polar surface area (TPSA) is 71.4 Å². The number of likely N-dealkylation sites (N-methyl/N-ethyl adjacent to an activating group) is 1. The molecule has 1 aliphatic rings. The molecule has 0 radical (unpaired) electrons. The third kappa shape index (κ3) is 6.41. The van der Waals surface area contributed by atoms with Crippen molar-refractivity contribution in [2.24, 2.45) is 4.99 Å². The zero-order valence-corrected chi connectivity index (χ0v) is 23.8. The van der Waals surface area contributed by atoms with Crippen LogP contribution in [0.4, 0.5) is 22.7 Å². The Hall–Kier alpha value is -5.17. The van der Waals surface area contributed by atoms with Crippen LogP contribution in [0.5, 0.6) is 0 Å². The number of para-hydroxylation sites is 3. The second-order valence-corrected chi connectivity index (χ2v) is 9.66. The monoisotopic (exact) mass is 559 g/mol. The van der Waals surface area contributed by atoms with Gasteiger partial charge in [-0.05, 0) is 73.5 Å². The Balaban J connectivity index is 1.40. The van der Waals surface area contributed by atoms with Gasteiger partial charge in [0.25, 0.3) is 5.91 Å². The predicted molar refractivity (Wildman–Crippen MR) is 166 cm³/mol. The third-order valence-corrected chi connectivity index (χ3v) is 6.75. The summed E-state index contributed by atoms with van der Waals surface area (Å²) < 4.78 is 11.3. The highest BCUT2D eigenvalue weighted by atomic mass is 16.5. The molecular weight excluding hydrogens is 526 g/mol. The molecule has 5 rings (SSSR count). The molecule has 4 aromatic rings. The number of esters is 1. The van der Waals surface area contributed by atoms with Crippen molar-refractivity contribution in [1.29, 1.82) is 0 Å². The first-order chi connectivity index (χ1) is 20.6. The molecule has 1 amide bonds. The van der Waals surface area contributed by atoms with Gasteiger partial charge >= 0.3 is 12.0 Å². The van der Waals surface area contributed by atoms with E-state index in [9.17, 15) is 9.59 Å². The van der Waals surface area contributed by atoms with Crippen LogP contribution in [0.15, 0.2) is 120 Å². The van der Waals surface area contributed by atoms with E-state index in [0.29, 0.717) is 24.4 Å². The SMILES string of the molecule is CCCCOC(=O)c1ccccc1N=C1OC(=Cc2ccc(N(c3ccccc3)c3ccccc3)cc2)C(=O)N1CC. The number of benzene rings is 4. The van der Waals surface area contributed by atoms with Gasteiger partial charge in [-0.15, -0.1) is 0 Å². The molecule has 1 fully saturated rings. The number of hydrogen-bond donors (Lipinski definition) is 0. The van der Waals surface area contributed by atoms with Crippen LogP contribution in [0.1, 0.15) is 42.6 Å². The summed E-state index contributed by atoms with van der Waals surface area (Å²) in [6.07, 6.45) is 3.42. The van der Waals surface area contributed by atoms with Crippen molar-refractivity contribution in [3.63, 3.8) is 0 Å². The van der Waals surface area contributed by atoms with Crippen LogP contribution in [-0.2, 0) is 14.3 Å². The molecule has 0 aromatic heterocycles. The molecule has 1 saturated heterocycles. The van der Waals surface area contributed by atoms with Gasteiger partial charge in [0.1, 0.15) is 0 Å². The van der Waals surface area contributed by atoms with Crippen molar-refractivity contribution in [1.82, 2.24) is 4.90 Å². The standard InChI is InChI=1S/C35H33N3O4/c1-3-5-24-41-34(40)30-18-12-13-19-31(30)36-35-37(4-2)33(39)32(42-35)25-26-20-22-29(23-21-26)38(27-14-8-6-9-15-27)28-16-10-7-11-17-28/h6-23,25H,3-5,24H2,1-2H3. The molecule has 7 nitrogen and oxygen atoms in total. The minimum atomic E-state index is -0.452. The Kier molecular flexibility index (Phi) is 9.09. The molecule has 42 heavy (non-hydrogen) atoms. The lowest BCUT2D eigenvalue weighted by atomic mass is 10.1. The molecule has 0 saturated carbocycles. The van der Waals surface area contributed by atoms with Crippen LogP contribution >= 0.6 is 0 Å². The summed E-state index contributed by atoms with van der Waals surface area (Å²) in [5, 5.41) is 0. The number of anilines is 3. The lowest BCUT2D eigenvalue weighted by Gasteiger charge is -2.25. The minimum Gasteiger partial charge on any atom is -0.462 e. The van der Waals surface area contributed by atoms with E-state index < -0.39 is 5.97 Å². The second-order valence-electron chi connectivity index (χ2n) is 9.66. The van der Waals surface area contributed by atoms with Gasteiger partial charge < -0.3 is 14.4 Å². The van der Waals surface area contributed by atoms with Crippen molar-refractivity contribution in [2.75, 3.05) is 18.1 Å². The first kappa shape index (κ1) is 28.4. The summed E-state index contributed by atoms with van der Waals surface area (Å²) in [6.45, 7) is 4.59. The first-order valence-corrected chi connectivity index (χ1v) is 14.2. The number of nitrogens with zero attached hydrogens (tertiary/aromatic N) is 3. The molecule has 0 atom stereocenters. The van der Waals surface area contributed by atoms with Gasteiger partial charge in [-0.2, -0.15) is 4.99 Å². The predicted octanol–water partition coefficient (Wildman–Crippen LogP) is 8.02. The highest BCUT2D eigenvalue weighted by Crippen LogP contribution is 2.34. The number of carbonyl (C=O) groups excluding carboxylic acids is 2. The van der Waals surface area contributed by atoms with E-state index >= 15 is 0 Å². The number of amides is 1. The Morgan fingerprint density at radius 1 is 0.833 bits per heavy atom. The number of ether oxygens (including phenoxy) is 2. The Morgan fingerprint density at radius 2 is 1.43 bits per heavy atom. The van der Waals surface area contributed by atoms with Crippen LogP contribution in [0.2, 0.25) is 0 Å². The highest BCUT2D eigenvalue weighted by Gasteiger charge is 2.34. The van der Waals surface area contributed by atoms with E-state index in [1.54, 1.807) is 30.3 Å². The third-order valence-electron chi connectivity index (χ3n) is 6.75. The maximum atomic E-state index is 13.2. The van der Waals surface area contributed by atoms with Gasteiger partial charge in [0.05, 0.1) is 17.9 Å². The quantitative estimate of drug-likeness (QED) is 0.112. The molecule has 212 valence electrons. The molecule has 1 aliphatic heterocycles. The van der Waals surface area contributed by atoms with Crippen LogP contribution in [0, 0.1) is 0 Å². The van der Waals surface area contributed by atoms with E-state index in [-0.39, 0.29) is 17.7 Å². The molecule has 7 heteroatoms. The summed E-state index contributed by atoms with van der Waals surface area (Å²) in [5.74, 6) is -0.584. The van der Waals surface area contributed by atoms with Gasteiger partial charge in [-0.3, -0.25) is 9.69 Å². The van der Waals surface area contributed by atoms with Crippen LogP contribution < -0.4 is 4.90 Å². The molecule has 0 spiro atoms. The second kappa shape index (κ2) is 13.5. The van der Waals surface area contributed by atoms with Gasteiger partial charge in [-0.1, -0.05) is 74.0 Å². The summed E-state index contributed by atoms with van der Waals surface area (Å²) in [6, 6.07) is 35.3. The molecule has 0 N–H and O–H groups in total. The van der Waals surface area contributed by atoms with Gasteiger partial charge in [0.15, 0.2) is 5.76 Å². The largest absolute Gasteiger partial charge is 0.462 e. The van der Waals surface area contributed by atoms with Crippen molar-refractivity contribution >= 4 is 46.7 Å². The fourth-order valence-electron chi connectivity index (χ4n) is 4.58. The van der Waals surface area contributed by atoms with Crippen LogP contribution in [0.3, 0.4) is 0 Å². The molecular formula is C35H33N3O4. The summed E-state index contributed by atoms with van der Waals surface area (Å²) >= 11 is 0. The minimum absolute atomic E-state index is 0.124. The van der Waals surface area contributed by atoms with Crippen molar-refractivity contribution in [3.05, 3.63) is 126 Å². The van der Waals surface area contributed by atoms with E-state index in [2.05, 4.69) is 34.2 Å². The van der Waals surface area contributed by atoms with Crippen LogP contribution in [-0.4, -0.2) is 35.9 Å². The molecule has 0 aliphatic carbocycles. The number of carbonyl (C=O) groups is 2. The maximum Gasteiger partial charge on any atom is 0.340 e. The summed E-state index contributed by atoms with van der Waals surface area (Å²) in [5.41, 5.74) is 4.57. The number of unbranched alkanes of at least 4 members (excludes halogenated alkanes) is 1. The lowest BCUT2D eigenvalue weighted by Crippen LogP contribution is -2.29. The molecule has 1 heterocycles. The smallest absolute Gasteiger partial charge is 0.340 e. The number of aliphatic imine (C=N–C) groups is 1. The van der Waals surface area contributed by atoms with Crippen LogP contribution in [0.25, 0.3) is 6.08 Å². The normalized spacial score (nSPS) is 14.7. The Morgan fingerprint density at radius 3 is 2.05 bits per heavy atom. The lowest BCUT2D eigenvalue weighted by molar-refractivity contribution is -0.122. The molecule has 4 aromatic carbocycles. The number of rotatable bonds is 10. The summed E-state index contributed by atoms with van der Waals surface area (Å²) in [4.78, 5) is 34.1. The zero-order valence-electron chi connectivity index (χ0n) is 23.8. The van der Waals surface area contributed by atoms with Gasteiger partial charge in [-0.25, -0.2) is 4.79 Å². The van der Waals surface area contributed by atoms with E-state index in [0.717, 1.165) is 35.5 Å². The number of hydrogen-bond acceptors (Lipinski definition) is 6. The molecule has 0 unspecified atom stereocenters. The average molecular weight is 560 g/mol.